The summed E-state index contributed by atoms with van der Waals surface area (Å²) in [5.41, 5.74) is 5.24. The highest BCUT2D eigenvalue weighted by Crippen LogP contribution is 2.17. The average molecular weight is 213 g/mol. The van der Waals surface area contributed by atoms with Gasteiger partial charge in [-0.25, -0.2) is 0 Å². The smallest absolute Gasteiger partial charge is 0.233 e. The Hall–Kier alpha value is -0.610. The van der Waals surface area contributed by atoms with Crippen molar-refractivity contribution in [1.29, 1.82) is 0 Å². The van der Waals surface area contributed by atoms with Crippen molar-refractivity contribution in [3.05, 3.63) is 0 Å². The fraction of sp³-hybridized carbons (Fsp3) is 0.909. The highest BCUT2D eigenvalue weighted by molar-refractivity contribution is 5.77. The summed E-state index contributed by atoms with van der Waals surface area (Å²) in [4.78, 5) is 13.5. The standard InChI is InChI=1S/C11H23N3O/c1-9(2)14-5-3-4-10(8-14)7-13-11(15)6-12/h9-10H,3-8,12H2,1-2H3,(H,13,15). The molecule has 0 spiro atoms. The van der Waals surface area contributed by atoms with Gasteiger partial charge >= 0.3 is 0 Å². The molecule has 0 aromatic rings. The third kappa shape index (κ3) is 4.18. The molecule has 1 heterocycles. The van der Waals surface area contributed by atoms with Gasteiger partial charge in [0, 0.05) is 19.1 Å². The van der Waals surface area contributed by atoms with Gasteiger partial charge in [0.05, 0.1) is 6.54 Å². The zero-order valence-corrected chi connectivity index (χ0v) is 9.83. The largest absolute Gasteiger partial charge is 0.355 e. The lowest BCUT2D eigenvalue weighted by molar-refractivity contribution is -0.120. The summed E-state index contributed by atoms with van der Waals surface area (Å²) in [6.07, 6.45) is 2.45. The molecule has 0 aliphatic carbocycles. The number of carbonyl (C=O) groups excluding carboxylic acids is 1. The van der Waals surface area contributed by atoms with Crippen LogP contribution in [0.4, 0.5) is 0 Å². The zero-order chi connectivity index (χ0) is 11.3. The van der Waals surface area contributed by atoms with Crippen molar-refractivity contribution in [2.45, 2.75) is 32.7 Å². The van der Waals surface area contributed by atoms with E-state index in [9.17, 15) is 4.79 Å². The Morgan fingerprint density at radius 1 is 1.60 bits per heavy atom. The maximum atomic E-state index is 11.0. The van der Waals surface area contributed by atoms with Crippen molar-refractivity contribution in [3.8, 4) is 0 Å². The first-order chi connectivity index (χ1) is 7.13. The molecule has 1 amide bonds. The Morgan fingerprint density at radius 2 is 2.33 bits per heavy atom. The molecule has 1 unspecified atom stereocenters. The van der Waals surface area contributed by atoms with Gasteiger partial charge in [0.1, 0.15) is 0 Å². The number of hydrogen-bond acceptors (Lipinski definition) is 3. The molecule has 1 rings (SSSR count). The summed E-state index contributed by atoms with van der Waals surface area (Å²) in [5.74, 6) is 0.549. The van der Waals surface area contributed by atoms with Crippen LogP contribution in [-0.4, -0.2) is 43.0 Å². The molecular weight excluding hydrogens is 190 g/mol. The predicted octanol–water partition coefficient (Wildman–Crippen LogP) is 0.182. The number of likely N-dealkylation sites (tertiary alicyclic amines) is 1. The van der Waals surface area contributed by atoms with E-state index in [1.165, 1.54) is 19.4 Å². The second-order valence-corrected chi connectivity index (χ2v) is 4.61. The Kier molecular flexibility index (Phi) is 5.05. The van der Waals surface area contributed by atoms with E-state index in [2.05, 4.69) is 24.1 Å². The van der Waals surface area contributed by atoms with Crippen LogP contribution in [0.2, 0.25) is 0 Å². The molecule has 0 aromatic carbocycles. The monoisotopic (exact) mass is 213 g/mol. The van der Waals surface area contributed by atoms with Gasteiger partial charge in [0.15, 0.2) is 0 Å². The second-order valence-electron chi connectivity index (χ2n) is 4.61. The van der Waals surface area contributed by atoms with Gasteiger partial charge in [-0.15, -0.1) is 0 Å². The van der Waals surface area contributed by atoms with Crippen LogP contribution in [0.25, 0.3) is 0 Å². The molecule has 3 N–H and O–H groups in total. The Balaban J connectivity index is 2.27. The van der Waals surface area contributed by atoms with E-state index in [1.54, 1.807) is 0 Å². The van der Waals surface area contributed by atoms with E-state index < -0.39 is 0 Å². The topological polar surface area (TPSA) is 58.4 Å². The molecule has 1 aliphatic heterocycles. The third-order valence-corrected chi connectivity index (χ3v) is 3.05. The van der Waals surface area contributed by atoms with Gasteiger partial charge in [-0.2, -0.15) is 0 Å². The van der Waals surface area contributed by atoms with Crippen LogP contribution >= 0.6 is 0 Å². The Labute approximate surface area is 92.2 Å². The van der Waals surface area contributed by atoms with Crippen LogP contribution in [0.15, 0.2) is 0 Å². The van der Waals surface area contributed by atoms with Gasteiger partial charge in [-0.1, -0.05) is 0 Å². The van der Waals surface area contributed by atoms with E-state index in [-0.39, 0.29) is 12.5 Å². The van der Waals surface area contributed by atoms with E-state index in [0.717, 1.165) is 13.1 Å². The fourth-order valence-electron chi connectivity index (χ4n) is 2.06. The van der Waals surface area contributed by atoms with Gasteiger partial charge in [-0.3, -0.25) is 4.79 Å². The first kappa shape index (κ1) is 12.5. The number of hydrogen-bond donors (Lipinski definition) is 2. The molecule has 0 saturated carbocycles. The number of piperidine rings is 1. The van der Waals surface area contributed by atoms with Crippen molar-refractivity contribution < 1.29 is 4.79 Å². The summed E-state index contributed by atoms with van der Waals surface area (Å²) in [7, 11) is 0. The normalized spacial score (nSPS) is 23.1. The second kappa shape index (κ2) is 6.08. The number of nitrogens with two attached hydrogens (primary N) is 1. The molecule has 1 aliphatic rings. The van der Waals surface area contributed by atoms with Crippen molar-refractivity contribution in [2.75, 3.05) is 26.2 Å². The minimum absolute atomic E-state index is 0.0447. The molecule has 4 heteroatoms. The fourth-order valence-corrected chi connectivity index (χ4v) is 2.06. The number of rotatable bonds is 4. The first-order valence-electron chi connectivity index (χ1n) is 5.84. The number of nitrogens with one attached hydrogen (secondary N) is 1. The highest BCUT2D eigenvalue weighted by atomic mass is 16.1. The molecule has 88 valence electrons. The number of carbonyl (C=O) groups is 1. The van der Waals surface area contributed by atoms with Crippen molar-refractivity contribution in [2.24, 2.45) is 11.7 Å². The Bertz CT molecular complexity index is 206. The molecule has 0 radical (unpaired) electrons. The SMILES string of the molecule is CC(C)N1CCCC(CNC(=O)CN)C1. The lowest BCUT2D eigenvalue weighted by Gasteiger charge is -2.35. The maximum Gasteiger partial charge on any atom is 0.233 e. The summed E-state index contributed by atoms with van der Waals surface area (Å²) in [6.45, 7) is 7.61. The average Bonchev–Trinajstić information content (AvgIpc) is 2.26. The lowest BCUT2D eigenvalue weighted by Crippen LogP contribution is -2.44. The van der Waals surface area contributed by atoms with Gasteiger partial charge < -0.3 is 16.0 Å². The third-order valence-electron chi connectivity index (χ3n) is 3.05. The van der Waals surface area contributed by atoms with Gasteiger partial charge in [0.25, 0.3) is 0 Å². The van der Waals surface area contributed by atoms with Crippen LogP contribution in [0, 0.1) is 5.92 Å². The van der Waals surface area contributed by atoms with Crippen LogP contribution in [-0.2, 0) is 4.79 Å². The quantitative estimate of drug-likeness (QED) is 0.700. The molecule has 4 nitrogen and oxygen atoms in total. The van der Waals surface area contributed by atoms with E-state index in [0.29, 0.717) is 12.0 Å². The zero-order valence-electron chi connectivity index (χ0n) is 9.83. The minimum Gasteiger partial charge on any atom is -0.355 e. The first-order valence-corrected chi connectivity index (χ1v) is 5.84. The minimum atomic E-state index is -0.0447. The van der Waals surface area contributed by atoms with Crippen molar-refractivity contribution >= 4 is 5.91 Å². The van der Waals surface area contributed by atoms with E-state index in [4.69, 9.17) is 5.73 Å². The summed E-state index contributed by atoms with van der Waals surface area (Å²) < 4.78 is 0. The van der Waals surface area contributed by atoms with Gasteiger partial charge in [-0.05, 0) is 39.2 Å². The maximum absolute atomic E-state index is 11.0. The summed E-state index contributed by atoms with van der Waals surface area (Å²) in [5, 5.41) is 2.87. The molecule has 1 fully saturated rings. The molecular formula is C11H23N3O. The van der Waals surface area contributed by atoms with Crippen LogP contribution < -0.4 is 11.1 Å². The van der Waals surface area contributed by atoms with E-state index >= 15 is 0 Å². The molecule has 0 bridgehead atoms. The molecule has 15 heavy (non-hydrogen) atoms. The van der Waals surface area contributed by atoms with Crippen LogP contribution in [0.1, 0.15) is 26.7 Å². The lowest BCUT2D eigenvalue weighted by atomic mass is 9.97. The Morgan fingerprint density at radius 3 is 2.93 bits per heavy atom. The number of amides is 1. The molecule has 1 atom stereocenters. The van der Waals surface area contributed by atoms with Crippen LogP contribution in [0.5, 0.6) is 0 Å². The number of nitrogens with zero attached hydrogens (tertiary/aromatic N) is 1. The molecule has 0 aromatic heterocycles. The van der Waals surface area contributed by atoms with Crippen molar-refractivity contribution in [1.82, 2.24) is 10.2 Å². The van der Waals surface area contributed by atoms with Gasteiger partial charge in [0.2, 0.25) is 5.91 Å². The van der Waals surface area contributed by atoms with Crippen molar-refractivity contribution in [3.63, 3.8) is 0 Å². The summed E-state index contributed by atoms with van der Waals surface area (Å²) >= 11 is 0. The predicted molar refractivity (Wildman–Crippen MR) is 61.5 cm³/mol. The molecule has 1 saturated heterocycles. The highest BCUT2D eigenvalue weighted by Gasteiger charge is 2.21. The van der Waals surface area contributed by atoms with E-state index in [1.807, 2.05) is 0 Å². The summed E-state index contributed by atoms with van der Waals surface area (Å²) in [6, 6.07) is 0.609. The van der Waals surface area contributed by atoms with Crippen LogP contribution in [0.3, 0.4) is 0 Å².